The van der Waals surface area contributed by atoms with Crippen molar-refractivity contribution in [1.82, 2.24) is 14.3 Å². The van der Waals surface area contributed by atoms with Crippen LogP contribution in [0.25, 0.3) is 0 Å². The zero-order valence-electron chi connectivity index (χ0n) is 12.8. The normalized spacial score (nSPS) is 13.9. The molecule has 0 saturated carbocycles. The van der Waals surface area contributed by atoms with E-state index in [-0.39, 0.29) is 17.6 Å². The van der Waals surface area contributed by atoms with E-state index < -0.39 is 10.0 Å². The van der Waals surface area contributed by atoms with Crippen molar-refractivity contribution >= 4 is 10.0 Å². The Bertz CT molecular complexity index is 520. The lowest BCUT2D eigenvalue weighted by Gasteiger charge is -2.21. The summed E-state index contributed by atoms with van der Waals surface area (Å²) in [5.41, 5.74) is 6.03. The molecule has 1 heterocycles. The van der Waals surface area contributed by atoms with E-state index in [0.717, 1.165) is 12.8 Å². The molecular weight excluding hydrogens is 276 g/mol. The van der Waals surface area contributed by atoms with Crippen molar-refractivity contribution in [2.24, 2.45) is 11.7 Å². The fourth-order valence-electron chi connectivity index (χ4n) is 2.27. The van der Waals surface area contributed by atoms with Crippen molar-refractivity contribution in [3.63, 3.8) is 0 Å². The molecule has 0 bridgehead atoms. The lowest BCUT2D eigenvalue weighted by molar-refractivity contribution is 0.392. The van der Waals surface area contributed by atoms with Gasteiger partial charge in [0.05, 0.1) is 0 Å². The first-order valence-electron chi connectivity index (χ1n) is 7.14. The largest absolute Gasteiger partial charge is 0.334 e. The highest BCUT2D eigenvalue weighted by Crippen LogP contribution is 2.12. The molecule has 7 heteroatoms. The molecule has 0 spiro atoms. The second-order valence-electron chi connectivity index (χ2n) is 5.00. The van der Waals surface area contributed by atoms with Gasteiger partial charge < -0.3 is 10.3 Å². The summed E-state index contributed by atoms with van der Waals surface area (Å²) in [5, 5.41) is 0.0635. The Morgan fingerprint density at radius 1 is 1.35 bits per heavy atom. The minimum atomic E-state index is -3.58. The molecule has 3 N–H and O–H groups in total. The monoisotopic (exact) mass is 302 g/mol. The van der Waals surface area contributed by atoms with Gasteiger partial charge >= 0.3 is 0 Å². The summed E-state index contributed by atoms with van der Waals surface area (Å²) in [6, 6.07) is -0.172. The van der Waals surface area contributed by atoms with Crippen molar-refractivity contribution in [2.45, 2.75) is 58.1 Å². The van der Waals surface area contributed by atoms with Crippen molar-refractivity contribution < 1.29 is 8.42 Å². The quantitative estimate of drug-likeness (QED) is 0.756. The molecule has 20 heavy (non-hydrogen) atoms. The molecule has 0 aliphatic carbocycles. The Balaban J connectivity index is 2.75. The molecule has 1 aromatic heterocycles. The van der Waals surface area contributed by atoms with E-state index in [1.165, 1.54) is 0 Å². The van der Waals surface area contributed by atoms with Crippen LogP contribution in [0.3, 0.4) is 0 Å². The maximum atomic E-state index is 12.2. The third-order valence-electron chi connectivity index (χ3n) is 3.73. The maximum absolute atomic E-state index is 12.2. The molecule has 0 radical (unpaired) electrons. The molecule has 0 aliphatic rings. The fourth-order valence-corrected chi connectivity index (χ4v) is 3.35. The number of rotatable bonds is 8. The number of aromatic nitrogens is 2. The summed E-state index contributed by atoms with van der Waals surface area (Å²) < 4.78 is 28.7. The molecule has 0 aromatic carbocycles. The van der Waals surface area contributed by atoms with Gasteiger partial charge in [-0.25, -0.2) is 18.1 Å². The zero-order valence-corrected chi connectivity index (χ0v) is 13.6. The van der Waals surface area contributed by atoms with Crippen LogP contribution in [0, 0.1) is 12.8 Å². The van der Waals surface area contributed by atoms with Gasteiger partial charge in [0.2, 0.25) is 0 Å². The Morgan fingerprint density at radius 2 is 1.95 bits per heavy atom. The average Bonchev–Trinajstić information content (AvgIpc) is 2.80. The number of nitrogens with zero attached hydrogens (tertiary/aromatic N) is 2. The molecule has 1 atom stereocenters. The number of sulfonamides is 1. The Labute approximate surface area is 121 Å². The van der Waals surface area contributed by atoms with Crippen LogP contribution in [0.5, 0.6) is 0 Å². The molecular formula is C13H26N4O2S. The zero-order chi connectivity index (χ0) is 15.3. The van der Waals surface area contributed by atoms with Crippen LogP contribution < -0.4 is 10.5 Å². The molecule has 0 saturated heterocycles. The predicted molar refractivity (Wildman–Crippen MR) is 79.9 cm³/mol. The van der Waals surface area contributed by atoms with Gasteiger partial charge in [-0.2, -0.15) is 0 Å². The second kappa shape index (κ2) is 7.19. The predicted octanol–water partition coefficient (Wildman–Crippen LogP) is 1.25. The Kier molecular flexibility index (Phi) is 6.16. The van der Waals surface area contributed by atoms with Gasteiger partial charge in [0.15, 0.2) is 5.03 Å². The minimum absolute atomic E-state index is 0.0635. The maximum Gasteiger partial charge on any atom is 0.259 e. The molecule has 1 rings (SSSR count). The molecule has 1 aromatic rings. The van der Waals surface area contributed by atoms with Gasteiger partial charge in [-0.15, -0.1) is 0 Å². The molecule has 116 valence electrons. The highest BCUT2D eigenvalue weighted by atomic mass is 32.2. The molecule has 6 nitrogen and oxygen atoms in total. The van der Waals surface area contributed by atoms with E-state index in [1.54, 1.807) is 17.7 Å². The summed E-state index contributed by atoms with van der Waals surface area (Å²) >= 11 is 0. The van der Waals surface area contributed by atoms with Crippen LogP contribution in [-0.2, 0) is 16.6 Å². The summed E-state index contributed by atoms with van der Waals surface area (Å²) in [5.74, 6) is 1.02. The van der Waals surface area contributed by atoms with Crippen molar-refractivity contribution in [1.29, 1.82) is 0 Å². The highest BCUT2D eigenvalue weighted by Gasteiger charge is 2.21. The van der Waals surface area contributed by atoms with Gasteiger partial charge in [0.25, 0.3) is 10.0 Å². The van der Waals surface area contributed by atoms with Crippen LogP contribution in [0.15, 0.2) is 11.2 Å². The lowest BCUT2D eigenvalue weighted by Crippen LogP contribution is -2.41. The second-order valence-corrected chi connectivity index (χ2v) is 6.72. The summed E-state index contributed by atoms with van der Waals surface area (Å²) in [6.07, 6.45) is 3.45. The van der Waals surface area contributed by atoms with Crippen LogP contribution in [0.4, 0.5) is 0 Å². The first-order chi connectivity index (χ1) is 9.35. The van der Waals surface area contributed by atoms with E-state index >= 15 is 0 Å². The smallest absolute Gasteiger partial charge is 0.259 e. The summed E-state index contributed by atoms with van der Waals surface area (Å²) in [6.45, 7) is 8.80. The van der Waals surface area contributed by atoms with Crippen molar-refractivity contribution in [3.8, 4) is 0 Å². The number of hydrogen-bond acceptors (Lipinski definition) is 4. The SMILES string of the molecule is CCC(CC)C(N)CNS(=O)(=O)c1cn(CC)c(C)n1. The Morgan fingerprint density at radius 3 is 2.40 bits per heavy atom. The van der Waals surface area contributed by atoms with Crippen LogP contribution in [0.1, 0.15) is 39.4 Å². The van der Waals surface area contributed by atoms with E-state index in [0.29, 0.717) is 18.3 Å². The van der Waals surface area contributed by atoms with Gasteiger partial charge in [0.1, 0.15) is 5.82 Å². The van der Waals surface area contributed by atoms with E-state index in [9.17, 15) is 8.42 Å². The Hall–Kier alpha value is -0.920. The highest BCUT2D eigenvalue weighted by molar-refractivity contribution is 7.89. The number of hydrogen-bond donors (Lipinski definition) is 2. The first kappa shape index (κ1) is 17.1. The first-order valence-corrected chi connectivity index (χ1v) is 8.62. The minimum Gasteiger partial charge on any atom is -0.334 e. The number of nitrogens with one attached hydrogen (secondary N) is 1. The fraction of sp³-hybridized carbons (Fsp3) is 0.769. The van der Waals surface area contributed by atoms with Gasteiger partial charge in [-0.05, 0) is 19.8 Å². The van der Waals surface area contributed by atoms with Crippen LogP contribution >= 0.6 is 0 Å². The topological polar surface area (TPSA) is 90.0 Å². The summed E-state index contributed by atoms with van der Waals surface area (Å²) in [4.78, 5) is 4.09. The van der Waals surface area contributed by atoms with Crippen LogP contribution in [0.2, 0.25) is 0 Å². The number of aryl methyl sites for hydroxylation is 2. The lowest BCUT2D eigenvalue weighted by atomic mass is 9.95. The van der Waals surface area contributed by atoms with E-state index in [2.05, 4.69) is 23.6 Å². The van der Waals surface area contributed by atoms with Crippen molar-refractivity contribution in [2.75, 3.05) is 6.54 Å². The third-order valence-corrected chi connectivity index (χ3v) is 5.03. The number of nitrogens with two attached hydrogens (primary N) is 1. The average molecular weight is 302 g/mol. The van der Waals surface area contributed by atoms with E-state index in [4.69, 9.17) is 5.73 Å². The third kappa shape index (κ3) is 4.04. The molecule has 0 aliphatic heterocycles. The standard InChI is InChI=1S/C13H26N4O2S/c1-5-11(6-2)12(14)8-15-20(18,19)13-9-17(7-3)10(4)16-13/h9,11-12,15H,5-8,14H2,1-4H3. The van der Waals surface area contributed by atoms with E-state index in [1.807, 2.05) is 6.92 Å². The molecule has 0 amide bonds. The summed E-state index contributed by atoms with van der Waals surface area (Å²) in [7, 11) is -3.58. The van der Waals surface area contributed by atoms with Gasteiger partial charge in [-0.3, -0.25) is 0 Å². The molecule has 1 unspecified atom stereocenters. The number of imidazole rings is 1. The van der Waals surface area contributed by atoms with Gasteiger partial charge in [0, 0.05) is 25.3 Å². The van der Waals surface area contributed by atoms with Gasteiger partial charge in [-0.1, -0.05) is 26.7 Å². The van der Waals surface area contributed by atoms with Crippen molar-refractivity contribution in [3.05, 3.63) is 12.0 Å². The van der Waals surface area contributed by atoms with Crippen LogP contribution in [-0.4, -0.2) is 30.6 Å². The molecule has 0 fully saturated rings.